The van der Waals surface area contributed by atoms with E-state index in [-0.39, 0.29) is 5.92 Å². The smallest absolute Gasteiger partial charge is 0.236 e. The van der Waals surface area contributed by atoms with Crippen LogP contribution in [0.15, 0.2) is 176 Å². The minimum atomic E-state index is -0.114. The quantitative estimate of drug-likeness (QED) is 0.180. The first kappa shape index (κ1) is 30.8. The predicted octanol–water partition coefficient (Wildman–Crippen LogP) is 13.9. The number of para-hydroxylation sites is 3. The van der Waals surface area contributed by atoms with Crippen molar-refractivity contribution < 1.29 is 0 Å². The van der Waals surface area contributed by atoms with Crippen molar-refractivity contribution in [3.8, 4) is 28.2 Å². The molecule has 1 aliphatic rings. The molecule has 5 heterocycles. The van der Waals surface area contributed by atoms with Gasteiger partial charge in [0.05, 0.1) is 39.2 Å². The van der Waals surface area contributed by atoms with Gasteiger partial charge < -0.3 is 4.40 Å². The number of nitrogens with zero attached hydrogens (tertiary/aromatic N) is 4. The molecule has 5 heteroatoms. The van der Waals surface area contributed by atoms with Crippen LogP contribution in [0.25, 0.3) is 108 Å². The Morgan fingerprint density at radius 3 is 1.91 bits per heavy atom. The lowest BCUT2D eigenvalue weighted by molar-refractivity contribution is 0.913. The second-order valence-electron chi connectivity index (χ2n) is 15.6. The highest BCUT2D eigenvalue weighted by Gasteiger charge is 2.37. The number of hydrogen-bond acceptors (Lipinski definition) is 3. The van der Waals surface area contributed by atoms with Crippen molar-refractivity contribution in [2.24, 2.45) is 0 Å². The van der Waals surface area contributed by atoms with Gasteiger partial charge in [0, 0.05) is 47.8 Å². The van der Waals surface area contributed by atoms with E-state index < -0.39 is 0 Å². The van der Waals surface area contributed by atoms with Gasteiger partial charge in [-0.15, -0.1) is 11.3 Å². The third-order valence-corrected chi connectivity index (χ3v) is 13.8. The molecule has 1 unspecified atom stereocenters. The van der Waals surface area contributed by atoms with Crippen LogP contribution in [0, 0.1) is 0 Å². The molecular formula is C53H30N4S. The van der Waals surface area contributed by atoms with Gasteiger partial charge >= 0.3 is 0 Å². The molecule has 0 spiro atoms. The van der Waals surface area contributed by atoms with Gasteiger partial charge in [0.2, 0.25) is 5.95 Å². The van der Waals surface area contributed by atoms with Gasteiger partial charge in [-0.05, 0) is 69.8 Å². The fourth-order valence-corrected chi connectivity index (χ4v) is 11.5. The van der Waals surface area contributed by atoms with Crippen molar-refractivity contribution in [3.63, 3.8) is 0 Å². The Bertz CT molecular complexity index is 3820. The Labute approximate surface area is 335 Å². The highest BCUT2D eigenvalue weighted by atomic mass is 32.1. The summed E-state index contributed by atoms with van der Waals surface area (Å²) >= 11 is 1.76. The maximum atomic E-state index is 5.79. The molecule has 0 saturated heterocycles. The Kier molecular flexibility index (Phi) is 5.93. The Morgan fingerprint density at radius 1 is 0.448 bits per heavy atom. The fraction of sp³-hybridized carbons (Fsp3) is 0.0189. The molecular weight excluding hydrogens is 725 g/mol. The van der Waals surface area contributed by atoms with Crippen LogP contribution in [0.1, 0.15) is 22.7 Å². The summed E-state index contributed by atoms with van der Waals surface area (Å²) in [7, 11) is 0. The van der Waals surface area contributed by atoms with Gasteiger partial charge in [-0.2, -0.15) is 0 Å². The molecule has 0 saturated carbocycles. The molecule has 0 bridgehead atoms. The molecule has 5 aromatic heterocycles. The molecule has 1 aliphatic carbocycles. The number of thiophene rings is 1. The summed E-state index contributed by atoms with van der Waals surface area (Å²) < 4.78 is 6.02. The summed E-state index contributed by atoms with van der Waals surface area (Å²) in [6.45, 7) is 0. The summed E-state index contributed by atoms with van der Waals surface area (Å²) in [4.78, 5) is 12.3. The first-order chi connectivity index (χ1) is 28.8. The monoisotopic (exact) mass is 754 g/mol. The highest BCUT2D eigenvalue weighted by Crippen LogP contribution is 2.56. The van der Waals surface area contributed by atoms with Crippen molar-refractivity contribution in [2.75, 3.05) is 0 Å². The van der Waals surface area contributed by atoms with Gasteiger partial charge in [-0.25, -0.2) is 9.97 Å². The third kappa shape index (κ3) is 3.89. The molecule has 58 heavy (non-hydrogen) atoms. The van der Waals surface area contributed by atoms with Crippen LogP contribution in [0.4, 0.5) is 0 Å². The van der Waals surface area contributed by atoms with Crippen LogP contribution in [0.5, 0.6) is 0 Å². The van der Waals surface area contributed by atoms with E-state index in [1.807, 2.05) is 0 Å². The van der Waals surface area contributed by atoms with Gasteiger partial charge in [0.1, 0.15) is 4.83 Å². The highest BCUT2D eigenvalue weighted by molar-refractivity contribution is 7.25. The van der Waals surface area contributed by atoms with Crippen LogP contribution >= 0.6 is 11.3 Å². The largest absolute Gasteiger partial charge is 0.308 e. The number of aromatic nitrogens is 4. The van der Waals surface area contributed by atoms with Crippen LogP contribution in [0.3, 0.4) is 0 Å². The predicted molar refractivity (Wildman–Crippen MR) is 242 cm³/mol. The molecule has 0 N–H and O–H groups in total. The maximum absolute atomic E-state index is 5.79. The van der Waals surface area contributed by atoms with Gasteiger partial charge in [0.25, 0.3) is 0 Å². The second-order valence-corrected chi connectivity index (χ2v) is 16.7. The molecule has 8 aromatic carbocycles. The maximum Gasteiger partial charge on any atom is 0.236 e. The minimum Gasteiger partial charge on any atom is -0.308 e. The molecule has 268 valence electrons. The van der Waals surface area contributed by atoms with E-state index in [4.69, 9.17) is 9.97 Å². The first-order valence-electron chi connectivity index (χ1n) is 19.9. The average Bonchev–Trinajstić information content (AvgIpc) is 4.08. The fourth-order valence-electron chi connectivity index (χ4n) is 10.4. The van der Waals surface area contributed by atoms with Crippen molar-refractivity contribution in [1.82, 2.24) is 18.9 Å². The average molecular weight is 755 g/mol. The zero-order chi connectivity index (χ0) is 37.6. The van der Waals surface area contributed by atoms with E-state index in [0.717, 1.165) is 26.9 Å². The van der Waals surface area contributed by atoms with E-state index >= 15 is 0 Å². The molecule has 4 nitrogen and oxygen atoms in total. The molecule has 13 aromatic rings. The van der Waals surface area contributed by atoms with Gasteiger partial charge in [0.15, 0.2) is 0 Å². The number of hydrogen-bond donors (Lipinski definition) is 0. The van der Waals surface area contributed by atoms with Crippen LogP contribution < -0.4 is 0 Å². The van der Waals surface area contributed by atoms with Gasteiger partial charge in [-0.3, -0.25) is 4.57 Å². The molecule has 0 aliphatic heterocycles. The van der Waals surface area contributed by atoms with Crippen LogP contribution in [-0.2, 0) is 0 Å². The topological polar surface area (TPSA) is 35.1 Å². The molecule has 0 amide bonds. The van der Waals surface area contributed by atoms with E-state index in [0.29, 0.717) is 5.95 Å². The lowest BCUT2D eigenvalue weighted by atomic mass is 9.89. The summed E-state index contributed by atoms with van der Waals surface area (Å²) in [5, 5.41) is 9.89. The molecule has 0 radical (unpaired) electrons. The van der Waals surface area contributed by atoms with Crippen molar-refractivity contribution in [1.29, 1.82) is 0 Å². The first-order valence-corrected chi connectivity index (χ1v) is 20.7. The normalized spacial score (nSPS) is 14.0. The van der Waals surface area contributed by atoms with E-state index in [2.05, 4.69) is 185 Å². The third-order valence-electron chi connectivity index (χ3n) is 12.8. The lowest BCUT2D eigenvalue weighted by Crippen LogP contribution is -2.09. The van der Waals surface area contributed by atoms with Gasteiger partial charge in [-0.1, -0.05) is 140 Å². The Balaban J connectivity index is 1.13. The van der Waals surface area contributed by atoms with Crippen molar-refractivity contribution in [2.45, 2.75) is 5.92 Å². The minimum absolute atomic E-state index is 0.114. The van der Waals surface area contributed by atoms with Crippen LogP contribution in [0.2, 0.25) is 0 Å². The zero-order valence-corrected chi connectivity index (χ0v) is 31.8. The Morgan fingerprint density at radius 2 is 1.10 bits per heavy atom. The lowest BCUT2D eigenvalue weighted by Gasteiger charge is -2.17. The van der Waals surface area contributed by atoms with Crippen molar-refractivity contribution in [3.05, 3.63) is 193 Å². The van der Waals surface area contributed by atoms with Crippen LogP contribution in [-0.4, -0.2) is 18.9 Å². The van der Waals surface area contributed by atoms with E-state index in [1.165, 1.54) is 92.3 Å². The summed E-state index contributed by atoms with van der Waals surface area (Å²) in [6, 6.07) is 64.3. The summed E-state index contributed by atoms with van der Waals surface area (Å²) in [5.74, 6) is 0.593. The zero-order valence-electron chi connectivity index (χ0n) is 31.0. The second kappa shape index (κ2) is 11.2. The van der Waals surface area contributed by atoms with E-state index in [9.17, 15) is 0 Å². The molecule has 14 rings (SSSR count). The summed E-state index contributed by atoms with van der Waals surface area (Å²) in [5.41, 5.74) is 14.7. The number of fused-ring (bicyclic) bond motifs is 16. The molecule has 1 atom stereocenters. The SMILES string of the molecule is c1ccc(-c2ccc3c4cc5c(c6c7ccccc7n(c3c2)c46)-c2ccccc2C5c2nc(-n3c4ccccc4c4ccccc43)nc3sc4ccccc4c23)cc1. The standard InChI is InChI=1S/C53H30N4S/c1-2-14-30(15-3-1)31-26-27-34-39-29-40-46(48-37-20-8-12-24-43(37)56(51(39)48)44(34)28-31)35-18-4-5-19-36(35)47(40)50-49-38-21-9-13-25-45(38)58-52(49)55-53(54-50)57-41-22-10-6-16-32(41)33-17-7-11-23-42(33)57/h1-29,47H. The van der Waals surface area contributed by atoms with Crippen molar-refractivity contribution >= 4 is 91.5 Å². The number of rotatable bonds is 3. The Hall–Kier alpha value is -7.34. The summed E-state index contributed by atoms with van der Waals surface area (Å²) in [6.07, 6.45) is 0. The van der Waals surface area contributed by atoms with E-state index in [1.54, 1.807) is 11.3 Å². The molecule has 0 fully saturated rings. The number of benzene rings is 8.